The van der Waals surface area contributed by atoms with Crippen LogP contribution in [0.3, 0.4) is 0 Å². The highest BCUT2D eigenvalue weighted by Crippen LogP contribution is 2.50. The average Bonchev–Trinajstić information content (AvgIpc) is 3.34. The summed E-state index contributed by atoms with van der Waals surface area (Å²) in [6.07, 6.45) is 1.01. The summed E-state index contributed by atoms with van der Waals surface area (Å²) in [4.78, 5) is 13.2. The van der Waals surface area contributed by atoms with E-state index in [2.05, 4.69) is 6.58 Å². The Morgan fingerprint density at radius 2 is 1.80 bits per heavy atom. The van der Waals surface area contributed by atoms with Crippen LogP contribution in [0.1, 0.15) is 40.4 Å². The number of rotatable bonds is 9. The second kappa shape index (κ2) is 11.9. The Kier molecular flexibility index (Phi) is 8.09. The quantitative estimate of drug-likeness (QED) is 0.104. The van der Waals surface area contributed by atoms with E-state index < -0.39 is 40.2 Å². The fourth-order valence-electron chi connectivity index (χ4n) is 5.62. The van der Waals surface area contributed by atoms with E-state index in [0.29, 0.717) is 36.4 Å². The van der Waals surface area contributed by atoms with Gasteiger partial charge in [-0.25, -0.2) is 17.6 Å². The zero-order chi connectivity index (χ0) is 32.0. The van der Waals surface area contributed by atoms with Crippen LogP contribution in [0, 0.1) is 30.2 Å². The number of aryl methyl sites for hydroxylation is 1. The average molecular weight is 638 g/mol. The Labute approximate surface area is 262 Å². The van der Waals surface area contributed by atoms with E-state index in [0.717, 1.165) is 24.1 Å². The summed E-state index contributed by atoms with van der Waals surface area (Å²) in [7, 11) is 0. The van der Waals surface area contributed by atoms with Crippen LogP contribution in [0.25, 0.3) is 11.1 Å². The van der Waals surface area contributed by atoms with Crippen molar-refractivity contribution in [3.63, 3.8) is 0 Å². The molecule has 0 amide bonds. The number of carbonyl (C=O) groups is 1. The zero-order valence-electron chi connectivity index (χ0n) is 24.4. The molecule has 0 bridgehead atoms. The number of allylic oxidation sites excluding steroid dienone is 1. The molecular weight excluding hydrogens is 610 g/mol. The lowest BCUT2D eigenvalue weighted by molar-refractivity contribution is -0.0705. The van der Waals surface area contributed by atoms with Crippen molar-refractivity contribution in [3.8, 4) is 22.6 Å². The molecule has 4 aromatic rings. The molecule has 0 aromatic heterocycles. The van der Waals surface area contributed by atoms with Crippen molar-refractivity contribution in [2.75, 3.05) is 18.1 Å². The van der Waals surface area contributed by atoms with Gasteiger partial charge in [0.15, 0.2) is 23.1 Å². The zero-order valence-corrected chi connectivity index (χ0v) is 25.2. The van der Waals surface area contributed by atoms with Gasteiger partial charge in [0.05, 0.1) is 11.7 Å². The summed E-state index contributed by atoms with van der Waals surface area (Å²) in [5, 5.41) is 0.177. The van der Waals surface area contributed by atoms with E-state index in [1.165, 1.54) is 37.3 Å². The molecule has 5 nitrogen and oxygen atoms in total. The van der Waals surface area contributed by atoms with Gasteiger partial charge >= 0.3 is 0 Å². The third kappa shape index (κ3) is 5.66. The largest absolute Gasteiger partial charge is 0.444 e. The Bertz CT molecular complexity index is 1840. The molecule has 2 aliphatic rings. The number of fused-ring (bicyclic) bond motifs is 1. The highest BCUT2D eigenvalue weighted by atomic mass is 35.5. The van der Waals surface area contributed by atoms with Crippen LogP contribution in [0.15, 0.2) is 72.9 Å². The van der Waals surface area contributed by atoms with E-state index in [9.17, 15) is 9.18 Å². The van der Waals surface area contributed by atoms with Gasteiger partial charge < -0.3 is 19.1 Å². The standard InChI is InChI=1S/C35H28ClF4NO4/c1-19-7-8-21(18-42)14-30(19)41(17-23-11-12-43-23)20(2)13-26-28(37)16-25(32(39)33(26)40)24-5-4-6-31-34(24)45-35(3,44-31)27-10-9-22(36)15-29(27)38/h4-10,14-16,18,23H,2,11-13,17H2,1,3H3. The molecule has 2 aliphatic heterocycles. The maximum absolute atomic E-state index is 15.8. The Morgan fingerprint density at radius 1 is 1.02 bits per heavy atom. The normalized spacial score (nSPS) is 18.4. The predicted molar refractivity (Wildman–Crippen MR) is 163 cm³/mol. The van der Waals surface area contributed by atoms with Gasteiger partial charge in [0.1, 0.15) is 17.9 Å². The number of hydrogen-bond donors (Lipinski definition) is 0. The molecule has 0 aliphatic carbocycles. The van der Waals surface area contributed by atoms with Gasteiger partial charge in [0.2, 0.25) is 0 Å². The minimum atomic E-state index is -1.65. The van der Waals surface area contributed by atoms with Crippen LogP contribution in [-0.4, -0.2) is 25.5 Å². The Balaban J connectivity index is 1.33. The van der Waals surface area contributed by atoms with Crippen LogP contribution in [0.5, 0.6) is 11.5 Å². The first-order valence-corrected chi connectivity index (χ1v) is 14.6. The summed E-state index contributed by atoms with van der Waals surface area (Å²) in [6.45, 7) is 8.34. The number of aldehydes is 1. The van der Waals surface area contributed by atoms with Gasteiger partial charge in [0.25, 0.3) is 5.79 Å². The number of hydrogen-bond acceptors (Lipinski definition) is 5. The first-order valence-electron chi connectivity index (χ1n) is 14.2. The number of carbonyl (C=O) groups excluding carboxylic acids is 1. The first kappa shape index (κ1) is 30.7. The number of benzene rings is 4. The van der Waals surface area contributed by atoms with E-state index in [1.54, 1.807) is 23.1 Å². The molecule has 2 atom stereocenters. The van der Waals surface area contributed by atoms with Crippen LogP contribution >= 0.6 is 11.6 Å². The second-order valence-corrected chi connectivity index (χ2v) is 11.7. The minimum Gasteiger partial charge on any atom is -0.444 e. The molecule has 2 heterocycles. The second-order valence-electron chi connectivity index (χ2n) is 11.2. The van der Waals surface area contributed by atoms with E-state index in [4.69, 9.17) is 25.8 Å². The Morgan fingerprint density at radius 3 is 2.49 bits per heavy atom. The van der Waals surface area contributed by atoms with Gasteiger partial charge in [-0.1, -0.05) is 42.4 Å². The minimum absolute atomic E-state index is 0.00131. The van der Waals surface area contributed by atoms with E-state index >= 15 is 13.2 Å². The van der Waals surface area contributed by atoms with Crippen molar-refractivity contribution in [3.05, 3.63) is 123 Å². The molecule has 6 rings (SSSR count). The highest BCUT2D eigenvalue weighted by Gasteiger charge is 2.42. The van der Waals surface area contributed by atoms with Gasteiger partial charge in [-0.05, 0) is 55.3 Å². The SMILES string of the molecule is C=C(Cc1c(F)cc(-c2cccc3c2OC(C)(c2ccc(Cl)cc2F)O3)c(F)c1F)N(CC1CCO1)c1cc(C=O)ccc1C. The first-order chi connectivity index (χ1) is 21.5. The monoisotopic (exact) mass is 637 g/mol. The van der Waals surface area contributed by atoms with Crippen LogP contribution < -0.4 is 14.4 Å². The number of ether oxygens (including phenoxy) is 3. The van der Waals surface area contributed by atoms with Crippen molar-refractivity contribution in [1.82, 2.24) is 0 Å². The molecule has 4 aromatic carbocycles. The summed E-state index contributed by atoms with van der Waals surface area (Å²) in [5.41, 5.74) is 1.32. The summed E-state index contributed by atoms with van der Waals surface area (Å²) >= 11 is 5.89. The molecule has 0 N–H and O–H groups in total. The summed E-state index contributed by atoms with van der Waals surface area (Å²) < 4.78 is 79.6. The van der Waals surface area contributed by atoms with Crippen LogP contribution in [0.4, 0.5) is 23.2 Å². The van der Waals surface area contributed by atoms with Crippen molar-refractivity contribution in [2.45, 2.75) is 38.6 Å². The van der Waals surface area contributed by atoms with Crippen molar-refractivity contribution >= 4 is 23.6 Å². The van der Waals surface area contributed by atoms with Crippen molar-refractivity contribution in [2.24, 2.45) is 0 Å². The molecule has 0 saturated carbocycles. The maximum atomic E-state index is 15.8. The topological polar surface area (TPSA) is 48.0 Å². The predicted octanol–water partition coefficient (Wildman–Crippen LogP) is 8.68. The summed E-state index contributed by atoms with van der Waals surface area (Å²) in [5.74, 6) is -5.86. The molecule has 10 heteroatoms. The van der Waals surface area contributed by atoms with Crippen molar-refractivity contribution in [1.29, 1.82) is 0 Å². The highest BCUT2D eigenvalue weighted by molar-refractivity contribution is 6.30. The molecule has 232 valence electrons. The molecule has 0 spiro atoms. The lowest BCUT2D eigenvalue weighted by atomic mass is 9.98. The molecule has 1 saturated heterocycles. The third-order valence-corrected chi connectivity index (χ3v) is 8.38. The summed E-state index contributed by atoms with van der Waals surface area (Å²) in [6, 6.07) is 14.5. The lowest BCUT2D eigenvalue weighted by Gasteiger charge is -2.36. The fourth-order valence-corrected chi connectivity index (χ4v) is 5.78. The fraction of sp³-hybridized carbons (Fsp3) is 0.229. The van der Waals surface area contributed by atoms with Crippen molar-refractivity contribution < 1.29 is 36.6 Å². The third-order valence-electron chi connectivity index (χ3n) is 8.15. The van der Waals surface area contributed by atoms with Gasteiger partial charge in [-0.3, -0.25) is 4.79 Å². The molecule has 1 fully saturated rings. The molecule has 45 heavy (non-hydrogen) atoms. The van der Waals surface area contributed by atoms with E-state index in [1.807, 2.05) is 6.92 Å². The molecular formula is C35H28ClF4NO4. The molecule has 0 radical (unpaired) electrons. The van der Waals surface area contributed by atoms with Crippen LogP contribution in [-0.2, 0) is 16.9 Å². The number of para-hydroxylation sites is 1. The Hall–Kier alpha value is -4.34. The molecule has 2 unspecified atom stereocenters. The van der Waals surface area contributed by atoms with Gasteiger partial charge in [-0.15, -0.1) is 0 Å². The van der Waals surface area contributed by atoms with Crippen LogP contribution in [0.2, 0.25) is 5.02 Å². The number of nitrogens with zero attached hydrogens (tertiary/aromatic N) is 1. The maximum Gasteiger partial charge on any atom is 0.278 e. The van der Waals surface area contributed by atoms with E-state index in [-0.39, 0.29) is 40.2 Å². The van der Waals surface area contributed by atoms with Gasteiger partial charge in [-0.2, -0.15) is 0 Å². The number of halogens is 5. The smallest absolute Gasteiger partial charge is 0.278 e. The number of anilines is 1. The van der Waals surface area contributed by atoms with Gasteiger partial charge in [0, 0.05) is 65.2 Å². The lowest BCUT2D eigenvalue weighted by Crippen LogP contribution is -2.40.